The molecule has 1 aromatic carbocycles. The number of carbonyl (C=O) groups excluding carboxylic acids is 1. The standard InChI is InChI=1S/C31H41N5O3/c1-31(2,3)39-30(37)36(19-23-7-5-8-23)27-9-6-14-35(20-27)26-12-10-24(11-13-26)18-34-21-29(33-22-34)25-15-28(38-4)17-32-16-25/h10-13,15-17,21-23,27H,5-9,14,18-20H2,1-4H3/t27-/m1/s1. The van der Waals surface area contributed by atoms with Gasteiger partial charge in [0.1, 0.15) is 11.4 Å². The molecule has 1 atom stereocenters. The molecular formula is C31H41N5O3. The Bertz CT molecular complexity index is 1250. The van der Waals surface area contributed by atoms with Crippen LogP contribution in [0.2, 0.25) is 0 Å². The normalized spacial score (nSPS) is 17.9. The van der Waals surface area contributed by atoms with Gasteiger partial charge in [-0.05, 0) is 76.1 Å². The lowest BCUT2D eigenvalue weighted by atomic mass is 9.84. The van der Waals surface area contributed by atoms with Gasteiger partial charge in [0.15, 0.2) is 0 Å². The summed E-state index contributed by atoms with van der Waals surface area (Å²) >= 11 is 0. The molecule has 3 aromatic rings. The second kappa shape index (κ2) is 11.7. The Hall–Kier alpha value is -3.55. The van der Waals surface area contributed by atoms with Crippen molar-refractivity contribution >= 4 is 11.8 Å². The first-order valence-corrected chi connectivity index (χ1v) is 14.1. The molecule has 0 N–H and O–H groups in total. The average Bonchev–Trinajstić information content (AvgIpc) is 3.36. The van der Waals surface area contributed by atoms with Crippen LogP contribution in [0.15, 0.2) is 55.2 Å². The number of hydrogen-bond donors (Lipinski definition) is 0. The predicted molar refractivity (Wildman–Crippen MR) is 153 cm³/mol. The molecule has 39 heavy (non-hydrogen) atoms. The first-order valence-electron chi connectivity index (χ1n) is 14.1. The van der Waals surface area contributed by atoms with Crippen molar-refractivity contribution in [3.05, 3.63) is 60.8 Å². The predicted octanol–water partition coefficient (Wildman–Crippen LogP) is 6.01. The van der Waals surface area contributed by atoms with Crippen LogP contribution >= 0.6 is 0 Å². The summed E-state index contributed by atoms with van der Waals surface area (Å²) in [5, 5.41) is 0. The van der Waals surface area contributed by atoms with Gasteiger partial charge in [-0.1, -0.05) is 18.6 Å². The summed E-state index contributed by atoms with van der Waals surface area (Å²) < 4.78 is 13.2. The van der Waals surface area contributed by atoms with E-state index < -0.39 is 5.60 Å². The maximum Gasteiger partial charge on any atom is 0.410 e. The lowest BCUT2D eigenvalue weighted by Gasteiger charge is -2.43. The minimum atomic E-state index is -0.486. The highest BCUT2D eigenvalue weighted by Gasteiger charge is 2.34. The van der Waals surface area contributed by atoms with Crippen LogP contribution in [0.1, 0.15) is 58.4 Å². The van der Waals surface area contributed by atoms with Crippen LogP contribution in [-0.4, -0.2) is 63.9 Å². The maximum atomic E-state index is 13.2. The number of pyridine rings is 1. The van der Waals surface area contributed by atoms with Gasteiger partial charge in [-0.25, -0.2) is 9.78 Å². The zero-order chi connectivity index (χ0) is 27.4. The average molecular weight is 532 g/mol. The third-order valence-electron chi connectivity index (χ3n) is 7.69. The first-order chi connectivity index (χ1) is 18.8. The van der Waals surface area contributed by atoms with Crippen LogP contribution in [0, 0.1) is 5.92 Å². The van der Waals surface area contributed by atoms with Crippen molar-refractivity contribution in [2.45, 2.75) is 71.1 Å². The summed E-state index contributed by atoms with van der Waals surface area (Å²) in [6.07, 6.45) is 13.0. The van der Waals surface area contributed by atoms with E-state index in [9.17, 15) is 4.79 Å². The van der Waals surface area contributed by atoms with E-state index in [1.165, 1.54) is 30.5 Å². The molecule has 208 valence electrons. The van der Waals surface area contributed by atoms with Crippen molar-refractivity contribution < 1.29 is 14.3 Å². The molecule has 1 aliphatic carbocycles. The fourth-order valence-electron chi connectivity index (χ4n) is 5.38. The molecule has 1 saturated heterocycles. The SMILES string of the molecule is COc1cncc(-c2cn(Cc3ccc(N4CCC[C@@H](N(CC5CCC5)C(=O)OC(C)(C)C)C4)cc3)cn2)c1. The summed E-state index contributed by atoms with van der Waals surface area (Å²) in [5.41, 5.74) is 3.72. The Kier molecular flexibility index (Phi) is 8.10. The minimum absolute atomic E-state index is 0.166. The number of anilines is 1. The summed E-state index contributed by atoms with van der Waals surface area (Å²) in [4.78, 5) is 26.4. The number of piperidine rings is 1. The van der Waals surface area contributed by atoms with Crippen molar-refractivity contribution in [2.75, 3.05) is 31.6 Å². The van der Waals surface area contributed by atoms with Crippen molar-refractivity contribution in [3.63, 3.8) is 0 Å². The van der Waals surface area contributed by atoms with E-state index in [2.05, 4.69) is 43.7 Å². The van der Waals surface area contributed by atoms with Gasteiger partial charge in [0.25, 0.3) is 0 Å². The highest BCUT2D eigenvalue weighted by atomic mass is 16.6. The minimum Gasteiger partial charge on any atom is -0.495 e. The number of benzene rings is 1. The van der Waals surface area contributed by atoms with Crippen LogP contribution in [0.3, 0.4) is 0 Å². The van der Waals surface area contributed by atoms with E-state index in [0.29, 0.717) is 5.92 Å². The van der Waals surface area contributed by atoms with Gasteiger partial charge in [0.2, 0.25) is 0 Å². The molecule has 1 amide bonds. The van der Waals surface area contributed by atoms with E-state index in [-0.39, 0.29) is 12.1 Å². The summed E-state index contributed by atoms with van der Waals surface area (Å²) in [7, 11) is 1.64. The van der Waals surface area contributed by atoms with E-state index in [4.69, 9.17) is 9.47 Å². The number of nitrogens with zero attached hydrogens (tertiary/aromatic N) is 5. The number of rotatable bonds is 8. The number of carbonyl (C=O) groups is 1. The van der Waals surface area contributed by atoms with Gasteiger partial charge in [0.05, 0.1) is 31.4 Å². The second-order valence-electron chi connectivity index (χ2n) is 11.9. The lowest BCUT2D eigenvalue weighted by molar-refractivity contribution is 0.00736. The molecule has 2 aromatic heterocycles. The van der Waals surface area contributed by atoms with Gasteiger partial charge in [-0.3, -0.25) is 4.98 Å². The number of methoxy groups -OCH3 is 1. The highest BCUT2D eigenvalue weighted by molar-refractivity contribution is 5.69. The molecule has 0 bridgehead atoms. The van der Waals surface area contributed by atoms with E-state index in [1.807, 2.05) is 44.3 Å². The summed E-state index contributed by atoms with van der Waals surface area (Å²) in [6.45, 7) is 9.23. The number of ether oxygens (including phenoxy) is 2. The van der Waals surface area contributed by atoms with Gasteiger partial charge in [0, 0.05) is 49.8 Å². The topological polar surface area (TPSA) is 72.7 Å². The molecule has 2 fully saturated rings. The zero-order valence-corrected chi connectivity index (χ0v) is 23.7. The monoisotopic (exact) mass is 531 g/mol. The van der Waals surface area contributed by atoms with E-state index in [1.54, 1.807) is 19.5 Å². The Morgan fingerprint density at radius 1 is 1.10 bits per heavy atom. The van der Waals surface area contributed by atoms with Gasteiger partial charge in [-0.2, -0.15) is 0 Å². The Labute approximate surface area is 232 Å². The van der Waals surface area contributed by atoms with Gasteiger partial charge in [-0.15, -0.1) is 0 Å². The Balaban J connectivity index is 1.23. The lowest BCUT2D eigenvalue weighted by Crippen LogP contribution is -2.53. The van der Waals surface area contributed by atoms with Crippen LogP contribution in [0.4, 0.5) is 10.5 Å². The van der Waals surface area contributed by atoms with Crippen LogP contribution in [0.25, 0.3) is 11.3 Å². The number of aromatic nitrogens is 3. The fourth-order valence-corrected chi connectivity index (χ4v) is 5.38. The van der Waals surface area contributed by atoms with Crippen molar-refractivity contribution in [2.24, 2.45) is 5.92 Å². The molecule has 1 saturated carbocycles. The summed E-state index contributed by atoms with van der Waals surface area (Å²) in [6, 6.07) is 10.9. The molecule has 8 heteroatoms. The van der Waals surface area contributed by atoms with Gasteiger partial charge < -0.3 is 23.8 Å². The molecule has 0 unspecified atom stereocenters. The van der Waals surface area contributed by atoms with Gasteiger partial charge >= 0.3 is 6.09 Å². The summed E-state index contributed by atoms with van der Waals surface area (Å²) in [5.74, 6) is 1.32. The van der Waals surface area contributed by atoms with Crippen molar-refractivity contribution in [3.8, 4) is 17.0 Å². The zero-order valence-electron chi connectivity index (χ0n) is 23.7. The van der Waals surface area contributed by atoms with Crippen LogP contribution < -0.4 is 9.64 Å². The molecule has 0 spiro atoms. The van der Waals surface area contributed by atoms with Crippen molar-refractivity contribution in [1.29, 1.82) is 0 Å². The molecule has 0 radical (unpaired) electrons. The van der Waals surface area contributed by atoms with Crippen LogP contribution in [0.5, 0.6) is 5.75 Å². The molecule has 3 heterocycles. The fraction of sp³-hybridized carbons (Fsp3) is 0.516. The molecule has 2 aliphatic rings. The van der Waals surface area contributed by atoms with E-state index in [0.717, 1.165) is 56.0 Å². The number of imidazole rings is 1. The maximum absolute atomic E-state index is 13.2. The first kappa shape index (κ1) is 27.0. The number of hydrogen-bond acceptors (Lipinski definition) is 6. The Morgan fingerprint density at radius 2 is 1.90 bits per heavy atom. The third-order valence-corrected chi connectivity index (χ3v) is 7.69. The highest BCUT2D eigenvalue weighted by Crippen LogP contribution is 2.31. The van der Waals surface area contributed by atoms with Crippen LogP contribution in [-0.2, 0) is 11.3 Å². The largest absolute Gasteiger partial charge is 0.495 e. The number of amides is 1. The molecular weight excluding hydrogens is 490 g/mol. The Morgan fingerprint density at radius 3 is 2.59 bits per heavy atom. The molecule has 1 aliphatic heterocycles. The quantitative estimate of drug-likeness (QED) is 0.355. The molecule has 8 nitrogen and oxygen atoms in total. The van der Waals surface area contributed by atoms with Crippen molar-refractivity contribution in [1.82, 2.24) is 19.4 Å². The third kappa shape index (κ3) is 6.91. The smallest absolute Gasteiger partial charge is 0.410 e. The second-order valence-corrected chi connectivity index (χ2v) is 11.9. The van der Waals surface area contributed by atoms with E-state index >= 15 is 0 Å². The molecule has 5 rings (SSSR count).